The van der Waals surface area contributed by atoms with Crippen LogP contribution in [0.25, 0.3) is 0 Å². The van der Waals surface area contributed by atoms with Crippen molar-refractivity contribution in [1.82, 2.24) is 5.32 Å². The van der Waals surface area contributed by atoms with Gasteiger partial charge in [0.1, 0.15) is 0 Å². The highest BCUT2D eigenvalue weighted by atomic mass is 35.5. The van der Waals surface area contributed by atoms with E-state index in [0.29, 0.717) is 22.2 Å². The van der Waals surface area contributed by atoms with Crippen LogP contribution in [0, 0.1) is 0 Å². The highest BCUT2D eigenvalue weighted by Gasteiger charge is 2.17. The van der Waals surface area contributed by atoms with E-state index in [-0.39, 0.29) is 18.9 Å². The van der Waals surface area contributed by atoms with Crippen molar-refractivity contribution in [3.8, 4) is 11.5 Å². The number of hydrogen-bond acceptors (Lipinski definition) is 3. The van der Waals surface area contributed by atoms with Crippen LogP contribution in [0.1, 0.15) is 26.7 Å². The smallest absolute Gasteiger partial charge is 0.319 e. The zero-order valence-electron chi connectivity index (χ0n) is 11.0. The molecule has 2 rings (SSSR count). The standard InChI is InChI=1S/C13H17ClN2O3/c1-3-4-8(2)15-13(17)16-10-6-12-11(5-9(10)14)18-7-19-12/h5-6,8H,3-4,7H2,1-2H3,(H2,15,16,17). The van der Waals surface area contributed by atoms with Gasteiger partial charge in [0.15, 0.2) is 11.5 Å². The van der Waals surface area contributed by atoms with Crippen LogP contribution in [-0.4, -0.2) is 18.9 Å². The summed E-state index contributed by atoms with van der Waals surface area (Å²) < 4.78 is 10.4. The quantitative estimate of drug-likeness (QED) is 0.891. The van der Waals surface area contributed by atoms with Crippen molar-refractivity contribution >= 4 is 23.3 Å². The minimum atomic E-state index is -0.276. The summed E-state index contributed by atoms with van der Waals surface area (Å²) in [5.41, 5.74) is 0.507. The lowest BCUT2D eigenvalue weighted by molar-refractivity contribution is 0.174. The Morgan fingerprint density at radius 3 is 2.79 bits per heavy atom. The van der Waals surface area contributed by atoms with E-state index in [1.807, 2.05) is 6.92 Å². The number of nitrogens with one attached hydrogen (secondary N) is 2. The number of fused-ring (bicyclic) bond motifs is 1. The summed E-state index contributed by atoms with van der Waals surface area (Å²) in [4.78, 5) is 11.8. The van der Waals surface area contributed by atoms with Crippen LogP contribution in [-0.2, 0) is 0 Å². The third kappa shape index (κ3) is 3.44. The molecule has 1 heterocycles. The maximum atomic E-state index is 11.8. The lowest BCUT2D eigenvalue weighted by atomic mass is 10.2. The van der Waals surface area contributed by atoms with Crippen molar-refractivity contribution in [2.45, 2.75) is 32.7 Å². The SMILES string of the molecule is CCCC(C)NC(=O)Nc1cc2c(cc1Cl)OCO2. The second-order valence-electron chi connectivity index (χ2n) is 4.47. The molecule has 5 nitrogen and oxygen atoms in total. The molecule has 0 aromatic heterocycles. The summed E-state index contributed by atoms with van der Waals surface area (Å²) in [7, 11) is 0. The Bertz CT molecular complexity index is 479. The zero-order chi connectivity index (χ0) is 13.8. The summed E-state index contributed by atoms with van der Waals surface area (Å²) in [5, 5.41) is 5.97. The molecule has 0 saturated heterocycles. The van der Waals surface area contributed by atoms with Crippen LogP contribution >= 0.6 is 11.6 Å². The number of carbonyl (C=O) groups excluding carboxylic acids is 1. The summed E-state index contributed by atoms with van der Waals surface area (Å²) in [6, 6.07) is 3.14. The summed E-state index contributed by atoms with van der Waals surface area (Å²) in [6.45, 7) is 4.21. The van der Waals surface area contributed by atoms with Gasteiger partial charge in [0.05, 0.1) is 10.7 Å². The molecule has 0 bridgehead atoms. The molecule has 104 valence electrons. The lowest BCUT2D eigenvalue weighted by Gasteiger charge is -2.14. The Morgan fingerprint density at radius 2 is 2.11 bits per heavy atom. The average molecular weight is 285 g/mol. The minimum absolute atomic E-state index is 0.123. The Balaban J connectivity index is 2.01. The number of urea groups is 1. The van der Waals surface area contributed by atoms with Crippen LogP contribution < -0.4 is 20.1 Å². The third-order valence-corrected chi connectivity index (χ3v) is 3.12. The highest BCUT2D eigenvalue weighted by molar-refractivity contribution is 6.34. The maximum absolute atomic E-state index is 11.8. The molecule has 1 aromatic carbocycles. The predicted octanol–water partition coefficient (Wildman–Crippen LogP) is 3.38. The van der Waals surface area contributed by atoms with Crippen LogP contribution in [0.3, 0.4) is 0 Å². The van der Waals surface area contributed by atoms with Gasteiger partial charge in [-0.1, -0.05) is 24.9 Å². The zero-order valence-corrected chi connectivity index (χ0v) is 11.7. The number of anilines is 1. The summed E-state index contributed by atoms with van der Waals surface area (Å²) >= 11 is 6.07. The molecule has 1 aliphatic heterocycles. The van der Waals surface area contributed by atoms with Crippen molar-refractivity contribution in [2.75, 3.05) is 12.1 Å². The fourth-order valence-electron chi connectivity index (χ4n) is 1.90. The van der Waals surface area contributed by atoms with Gasteiger partial charge in [0.2, 0.25) is 6.79 Å². The Labute approximate surface area is 117 Å². The highest BCUT2D eigenvalue weighted by Crippen LogP contribution is 2.39. The van der Waals surface area contributed by atoms with E-state index in [2.05, 4.69) is 17.6 Å². The first-order valence-electron chi connectivity index (χ1n) is 6.26. The van der Waals surface area contributed by atoms with E-state index in [4.69, 9.17) is 21.1 Å². The molecular weight excluding hydrogens is 268 g/mol. The molecule has 6 heteroatoms. The van der Waals surface area contributed by atoms with E-state index < -0.39 is 0 Å². The topological polar surface area (TPSA) is 59.6 Å². The molecule has 1 aliphatic rings. The molecule has 0 spiro atoms. The second kappa shape index (κ2) is 6.02. The molecule has 0 fully saturated rings. The van der Waals surface area contributed by atoms with Crippen molar-refractivity contribution in [1.29, 1.82) is 0 Å². The predicted molar refractivity (Wildman–Crippen MR) is 74.1 cm³/mol. The fraction of sp³-hybridized carbons (Fsp3) is 0.462. The average Bonchev–Trinajstić information content (AvgIpc) is 2.76. The monoisotopic (exact) mass is 284 g/mol. The second-order valence-corrected chi connectivity index (χ2v) is 4.88. The van der Waals surface area contributed by atoms with E-state index in [0.717, 1.165) is 12.8 Å². The fourth-order valence-corrected chi connectivity index (χ4v) is 2.10. The number of halogens is 1. The number of amides is 2. The number of rotatable bonds is 4. The number of hydrogen-bond donors (Lipinski definition) is 2. The van der Waals surface area contributed by atoms with Crippen LogP contribution in [0.5, 0.6) is 11.5 Å². The van der Waals surface area contributed by atoms with Crippen molar-refractivity contribution in [3.05, 3.63) is 17.2 Å². The minimum Gasteiger partial charge on any atom is -0.454 e. The van der Waals surface area contributed by atoms with Crippen molar-refractivity contribution in [2.24, 2.45) is 0 Å². The van der Waals surface area contributed by atoms with Crippen molar-refractivity contribution < 1.29 is 14.3 Å². The van der Waals surface area contributed by atoms with Gasteiger partial charge in [-0.3, -0.25) is 0 Å². The van der Waals surface area contributed by atoms with E-state index >= 15 is 0 Å². The van der Waals surface area contributed by atoms with Gasteiger partial charge >= 0.3 is 6.03 Å². The van der Waals surface area contributed by atoms with E-state index in [1.54, 1.807) is 12.1 Å². The van der Waals surface area contributed by atoms with Crippen LogP contribution in [0.2, 0.25) is 5.02 Å². The molecule has 0 aliphatic carbocycles. The Morgan fingerprint density at radius 1 is 1.42 bits per heavy atom. The van der Waals surface area contributed by atoms with Gasteiger partial charge in [-0.2, -0.15) is 0 Å². The van der Waals surface area contributed by atoms with Gasteiger partial charge in [0.25, 0.3) is 0 Å². The molecule has 19 heavy (non-hydrogen) atoms. The molecular formula is C13H17ClN2O3. The van der Waals surface area contributed by atoms with Crippen molar-refractivity contribution in [3.63, 3.8) is 0 Å². The van der Waals surface area contributed by atoms with Crippen LogP contribution in [0.4, 0.5) is 10.5 Å². The van der Waals surface area contributed by atoms with Gasteiger partial charge in [-0.05, 0) is 13.3 Å². The van der Waals surface area contributed by atoms with Gasteiger partial charge in [-0.15, -0.1) is 0 Å². The first-order valence-corrected chi connectivity index (χ1v) is 6.64. The Hall–Kier alpha value is -1.62. The number of benzene rings is 1. The third-order valence-electron chi connectivity index (χ3n) is 2.81. The normalized spacial score (nSPS) is 14.1. The first-order chi connectivity index (χ1) is 9.10. The molecule has 2 amide bonds. The van der Waals surface area contributed by atoms with Gasteiger partial charge in [0, 0.05) is 18.2 Å². The number of carbonyl (C=O) groups is 1. The summed E-state index contributed by atoms with van der Waals surface area (Å²) in [6.07, 6.45) is 1.95. The molecule has 0 saturated carbocycles. The molecule has 0 radical (unpaired) electrons. The van der Waals surface area contributed by atoms with Gasteiger partial charge in [-0.25, -0.2) is 4.79 Å². The molecule has 1 unspecified atom stereocenters. The van der Waals surface area contributed by atoms with Crippen LogP contribution in [0.15, 0.2) is 12.1 Å². The number of ether oxygens (including phenoxy) is 2. The summed E-state index contributed by atoms with van der Waals surface area (Å²) in [5.74, 6) is 1.18. The molecule has 1 atom stereocenters. The molecule has 2 N–H and O–H groups in total. The first kappa shape index (κ1) is 13.8. The largest absolute Gasteiger partial charge is 0.454 e. The van der Waals surface area contributed by atoms with Gasteiger partial charge < -0.3 is 20.1 Å². The lowest BCUT2D eigenvalue weighted by Crippen LogP contribution is -2.36. The van der Waals surface area contributed by atoms with E-state index in [9.17, 15) is 4.79 Å². The maximum Gasteiger partial charge on any atom is 0.319 e. The molecule has 1 aromatic rings. The Kier molecular flexibility index (Phi) is 4.37. The van der Waals surface area contributed by atoms with E-state index in [1.165, 1.54) is 0 Å².